The summed E-state index contributed by atoms with van der Waals surface area (Å²) in [4.78, 5) is 8.87. The van der Waals surface area contributed by atoms with Crippen LogP contribution >= 0.6 is 0 Å². The summed E-state index contributed by atoms with van der Waals surface area (Å²) in [6.07, 6.45) is 3.12. The van der Waals surface area contributed by atoms with Gasteiger partial charge in [0, 0.05) is 56.6 Å². The normalized spacial score (nSPS) is 20.2. The molecule has 0 saturated carbocycles. The molecule has 0 radical (unpaired) electrons. The summed E-state index contributed by atoms with van der Waals surface area (Å²) in [6.45, 7) is 10.7. The summed E-state index contributed by atoms with van der Waals surface area (Å²) in [6, 6.07) is 2.31. The zero-order valence-corrected chi connectivity index (χ0v) is 31.5. The second-order valence-corrected chi connectivity index (χ2v) is 19.2. The molecule has 2 atom stereocenters. The standard InChI is InChI=1S/C38H44N2O10S2/c1-17(2)27-23-11-19(5)29(35(43)31(23)25(33(41)37(27)45)13-39-21-7-9-51(47,48)15-21)30-20(6)12-24-28(18(3)4)38(46)34(42)26(32(24)36(30)44)14-40-22-8-10-52(49,50)16-22/h11-14,17-18,21-22,41-46H,7-10,15-16H2,1-6H3/t21-,22+. The zero-order chi connectivity index (χ0) is 38.2. The van der Waals surface area contributed by atoms with Gasteiger partial charge >= 0.3 is 0 Å². The van der Waals surface area contributed by atoms with E-state index in [9.17, 15) is 47.5 Å². The molecule has 0 unspecified atom stereocenters. The number of benzene rings is 4. The molecule has 278 valence electrons. The van der Waals surface area contributed by atoms with E-state index in [-0.39, 0.29) is 92.2 Å². The van der Waals surface area contributed by atoms with Crippen molar-refractivity contribution >= 4 is 53.6 Å². The number of sulfone groups is 2. The highest BCUT2D eigenvalue weighted by molar-refractivity contribution is 7.91. The number of rotatable bonds is 7. The molecule has 0 amide bonds. The molecule has 0 aliphatic carbocycles. The molecule has 2 heterocycles. The highest BCUT2D eigenvalue weighted by atomic mass is 32.2. The highest BCUT2D eigenvalue weighted by Crippen LogP contribution is 2.54. The Labute approximate surface area is 302 Å². The van der Waals surface area contributed by atoms with Gasteiger partial charge in [-0.25, -0.2) is 16.8 Å². The molecule has 4 aromatic carbocycles. The maximum absolute atomic E-state index is 12.3. The molecule has 6 N–H and O–H groups in total. The van der Waals surface area contributed by atoms with E-state index < -0.39 is 54.8 Å². The van der Waals surface area contributed by atoms with Gasteiger partial charge in [0.25, 0.3) is 0 Å². The van der Waals surface area contributed by atoms with E-state index in [1.807, 2.05) is 27.7 Å². The molecule has 4 aromatic rings. The van der Waals surface area contributed by atoms with Crippen LogP contribution in [0.1, 0.15) is 85.8 Å². The fraction of sp³-hybridized carbons (Fsp3) is 0.421. The van der Waals surface area contributed by atoms with Crippen molar-refractivity contribution in [1.29, 1.82) is 0 Å². The van der Waals surface area contributed by atoms with E-state index in [1.165, 1.54) is 12.4 Å². The maximum Gasteiger partial charge on any atom is 0.167 e. The van der Waals surface area contributed by atoms with E-state index in [0.29, 0.717) is 33.0 Å². The Hall–Kier alpha value is -4.56. The van der Waals surface area contributed by atoms with Crippen LogP contribution in [0.25, 0.3) is 32.7 Å². The Morgan fingerprint density at radius 1 is 0.596 bits per heavy atom. The number of hydrogen-bond acceptors (Lipinski definition) is 12. The van der Waals surface area contributed by atoms with Crippen LogP contribution in [0.2, 0.25) is 0 Å². The van der Waals surface area contributed by atoms with Crippen molar-refractivity contribution in [1.82, 2.24) is 0 Å². The number of hydrogen-bond donors (Lipinski definition) is 6. The Bertz CT molecular complexity index is 2280. The minimum Gasteiger partial charge on any atom is -0.507 e. The van der Waals surface area contributed by atoms with Gasteiger partial charge in [0.2, 0.25) is 0 Å². The molecule has 52 heavy (non-hydrogen) atoms. The Balaban J connectivity index is 1.68. The number of aryl methyl sites for hydroxylation is 2. The van der Waals surface area contributed by atoms with Crippen LogP contribution in [0.15, 0.2) is 22.1 Å². The van der Waals surface area contributed by atoms with Crippen molar-refractivity contribution in [2.24, 2.45) is 9.98 Å². The molecule has 2 saturated heterocycles. The third-order valence-electron chi connectivity index (χ3n) is 10.2. The van der Waals surface area contributed by atoms with Crippen LogP contribution in [0.4, 0.5) is 0 Å². The van der Waals surface area contributed by atoms with Crippen molar-refractivity contribution in [2.45, 2.75) is 78.3 Å². The predicted molar refractivity (Wildman–Crippen MR) is 204 cm³/mol. The molecule has 6 rings (SSSR count). The van der Waals surface area contributed by atoms with Crippen molar-refractivity contribution in [3.05, 3.63) is 45.5 Å². The monoisotopic (exact) mass is 752 g/mol. The van der Waals surface area contributed by atoms with Crippen LogP contribution < -0.4 is 0 Å². The summed E-state index contributed by atoms with van der Waals surface area (Å²) < 4.78 is 48.5. The smallest absolute Gasteiger partial charge is 0.167 e. The molecule has 2 fully saturated rings. The van der Waals surface area contributed by atoms with Gasteiger partial charge in [0.15, 0.2) is 42.7 Å². The lowest BCUT2D eigenvalue weighted by Crippen LogP contribution is -2.08. The number of fused-ring (bicyclic) bond motifs is 2. The summed E-state index contributed by atoms with van der Waals surface area (Å²) in [5, 5.41) is 70.7. The van der Waals surface area contributed by atoms with Gasteiger partial charge in [-0.05, 0) is 60.4 Å². The quantitative estimate of drug-likeness (QED) is 0.0961. The lowest BCUT2D eigenvalue weighted by atomic mass is 9.83. The fourth-order valence-electron chi connectivity index (χ4n) is 7.77. The fourth-order valence-corrected chi connectivity index (χ4v) is 11.0. The number of phenols is 6. The first-order chi connectivity index (χ1) is 24.2. The van der Waals surface area contributed by atoms with E-state index >= 15 is 0 Å². The van der Waals surface area contributed by atoms with Crippen LogP contribution in [-0.4, -0.2) is 95.0 Å². The molecule has 0 spiro atoms. The van der Waals surface area contributed by atoms with E-state index in [0.717, 1.165) is 0 Å². The molecule has 0 bridgehead atoms. The average Bonchev–Trinajstić information content (AvgIpc) is 3.58. The molecule has 0 aromatic heterocycles. The zero-order valence-electron chi connectivity index (χ0n) is 29.9. The molecular weight excluding hydrogens is 709 g/mol. The number of phenolic OH excluding ortho intramolecular Hbond substituents is 6. The van der Waals surface area contributed by atoms with Gasteiger partial charge in [0.1, 0.15) is 11.5 Å². The third kappa shape index (κ3) is 6.29. The van der Waals surface area contributed by atoms with Crippen molar-refractivity contribution in [3.63, 3.8) is 0 Å². The molecule has 12 nitrogen and oxygen atoms in total. The highest BCUT2D eigenvalue weighted by Gasteiger charge is 2.32. The second kappa shape index (κ2) is 13.1. The second-order valence-electron chi connectivity index (χ2n) is 14.7. The lowest BCUT2D eigenvalue weighted by molar-refractivity contribution is 0.398. The van der Waals surface area contributed by atoms with Gasteiger partial charge in [-0.15, -0.1) is 0 Å². The summed E-state index contributed by atoms with van der Waals surface area (Å²) in [5.74, 6) is -3.54. The van der Waals surface area contributed by atoms with Gasteiger partial charge in [-0.2, -0.15) is 0 Å². The van der Waals surface area contributed by atoms with Crippen LogP contribution in [0.3, 0.4) is 0 Å². The first-order valence-electron chi connectivity index (χ1n) is 17.2. The minimum absolute atomic E-state index is 0.0211. The number of aliphatic imine (C=N–C) groups is 2. The maximum atomic E-state index is 12.3. The Morgan fingerprint density at radius 3 is 1.23 bits per heavy atom. The Morgan fingerprint density at radius 2 is 0.942 bits per heavy atom. The van der Waals surface area contributed by atoms with E-state index in [2.05, 4.69) is 9.98 Å². The minimum atomic E-state index is -3.27. The van der Waals surface area contributed by atoms with Gasteiger partial charge in [-0.1, -0.05) is 39.8 Å². The molecule has 2 aliphatic rings. The lowest BCUT2D eigenvalue weighted by Gasteiger charge is -2.23. The first-order valence-corrected chi connectivity index (χ1v) is 20.8. The van der Waals surface area contributed by atoms with E-state index in [4.69, 9.17) is 0 Å². The van der Waals surface area contributed by atoms with Gasteiger partial charge < -0.3 is 30.6 Å². The predicted octanol–water partition coefficient (Wildman–Crippen LogP) is 5.97. The molecule has 14 heteroatoms. The Kier molecular flexibility index (Phi) is 9.40. The number of nitrogens with zero attached hydrogens (tertiary/aromatic N) is 2. The van der Waals surface area contributed by atoms with Crippen LogP contribution in [0, 0.1) is 13.8 Å². The SMILES string of the molecule is Cc1cc2c(C(C)C)c(O)c(O)c(C=N[C@@H]3CCS(=O)(=O)C3)c2c(O)c1-c1c(C)cc2c(C(C)C)c(O)c(O)c(C=N[C@H]3CCS(=O)(=O)C3)c2c1O. The van der Waals surface area contributed by atoms with Gasteiger partial charge in [0.05, 0.1) is 35.1 Å². The summed E-state index contributed by atoms with van der Waals surface area (Å²) >= 11 is 0. The van der Waals surface area contributed by atoms with Crippen molar-refractivity contribution in [2.75, 3.05) is 23.0 Å². The van der Waals surface area contributed by atoms with Crippen LogP contribution in [-0.2, 0) is 19.7 Å². The average molecular weight is 753 g/mol. The summed E-state index contributed by atoms with van der Waals surface area (Å²) in [7, 11) is -6.53. The van der Waals surface area contributed by atoms with Gasteiger partial charge in [-0.3, -0.25) is 9.98 Å². The van der Waals surface area contributed by atoms with Crippen molar-refractivity contribution < 1.29 is 47.5 Å². The number of aromatic hydroxyl groups is 6. The first kappa shape index (κ1) is 37.2. The van der Waals surface area contributed by atoms with Crippen molar-refractivity contribution in [3.8, 4) is 45.6 Å². The molecular formula is C38H44N2O10S2. The topological polar surface area (TPSA) is 214 Å². The molecule has 2 aliphatic heterocycles. The third-order valence-corrected chi connectivity index (χ3v) is 13.7. The van der Waals surface area contributed by atoms with E-state index in [1.54, 1.807) is 26.0 Å². The largest absolute Gasteiger partial charge is 0.507 e. The van der Waals surface area contributed by atoms with Crippen LogP contribution in [0.5, 0.6) is 34.5 Å². The summed E-state index contributed by atoms with van der Waals surface area (Å²) in [5.41, 5.74) is 2.05.